The second-order valence-corrected chi connectivity index (χ2v) is 6.33. The SMILES string of the molecule is COCc1ncnc(OC2CCC(C(C)(O)C(F)(F)F)CC2)c1OC. The van der Waals surface area contributed by atoms with Crippen LogP contribution >= 0.6 is 0 Å². The Morgan fingerprint density at radius 3 is 2.32 bits per heavy atom. The molecule has 6 nitrogen and oxygen atoms in total. The van der Waals surface area contributed by atoms with Crippen molar-refractivity contribution >= 4 is 0 Å². The van der Waals surface area contributed by atoms with Gasteiger partial charge in [-0.3, -0.25) is 0 Å². The summed E-state index contributed by atoms with van der Waals surface area (Å²) in [6, 6.07) is 0. The molecular formula is C16H23F3N2O4. The molecule has 1 aromatic rings. The zero-order valence-corrected chi connectivity index (χ0v) is 14.5. The highest BCUT2D eigenvalue weighted by atomic mass is 19.4. The minimum Gasteiger partial charge on any atom is -0.490 e. The fourth-order valence-corrected chi connectivity index (χ4v) is 3.05. The van der Waals surface area contributed by atoms with Crippen LogP contribution in [0.25, 0.3) is 0 Å². The Hall–Kier alpha value is -1.61. The third kappa shape index (κ3) is 4.33. The van der Waals surface area contributed by atoms with Crippen LogP contribution < -0.4 is 9.47 Å². The van der Waals surface area contributed by atoms with Gasteiger partial charge in [0, 0.05) is 7.11 Å². The van der Waals surface area contributed by atoms with E-state index in [0.717, 1.165) is 6.92 Å². The summed E-state index contributed by atoms with van der Waals surface area (Å²) in [5, 5.41) is 9.81. The molecule has 0 aliphatic heterocycles. The number of nitrogens with zero attached hydrogens (tertiary/aromatic N) is 2. The molecule has 1 unspecified atom stereocenters. The third-order valence-corrected chi connectivity index (χ3v) is 4.65. The molecule has 0 spiro atoms. The summed E-state index contributed by atoms with van der Waals surface area (Å²) in [6.07, 6.45) is -2.39. The first kappa shape index (κ1) is 19.7. The van der Waals surface area contributed by atoms with Crippen molar-refractivity contribution in [1.29, 1.82) is 0 Å². The maximum Gasteiger partial charge on any atom is 0.417 e. The number of rotatable bonds is 6. The van der Waals surface area contributed by atoms with Crippen molar-refractivity contribution in [1.82, 2.24) is 9.97 Å². The fraction of sp³-hybridized carbons (Fsp3) is 0.750. The molecule has 0 aromatic carbocycles. The number of alkyl halides is 3. The Balaban J connectivity index is 2.02. The Kier molecular flexibility index (Phi) is 6.10. The van der Waals surface area contributed by atoms with Gasteiger partial charge in [-0.05, 0) is 38.5 Å². The standard InChI is InChI=1S/C16H23F3N2O4/c1-15(22,16(17,18)19)10-4-6-11(7-5-10)25-14-13(24-3)12(8-23-2)20-9-21-14/h9-11,22H,4-8H2,1-3H3. The van der Waals surface area contributed by atoms with Gasteiger partial charge in [0.25, 0.3) is 5.88 Å². The highest BCUT2D eigenvalue weighted by Crippen LogP contribution is 2.43. The maximum absolute atomic E-state index is 13.0. The molecule has 9 heteroatoms. The quantitative estimate of drug-likeness (QED) is 0.837. The molecule has 1 aliphatic rings. The lowest BCUT2D eigenvalue weighted by Crippen LogP contribution is -2.50. The summed E-state index contributed by atoms with van der Waals surface area (Å²) >= 11 is 0. The number of aromatic nitrogens is 2. The van der Waals surface area contributed by atoms with Crippen LogP contribution in [0.5, 0.6) is 11.6 Å². The van der Waals surface area contributed by atoms with Crippen molar-refractivity contribution in [2.75, 3.05) is 14.2 Å². The van der Waals surface area contributed by atoms with Crippen LogP contribution in [0, 0.1) is 5.92 Å². The fourth-order valence-electron chi connectivity index (χ4n) is 3.05. The zero-order valence-electron chi connectivity index (χ0n) is 14.5. The van der Waals surface area contributed by atoms with Crippen molar-refractivity contribution in [3.63, 3.8) is 0 Å². The smallest absolute Gasteiger partial charge is 0.417 e. The minimum atomic E-state index is -4.64. The lowest BCUT2D eigenvalue weighted by molar-refractivity contribution is -0.275. The van der Waals surface area contributed by atoms with Crippen molar-refractivity contribution in [3.05, 3.63) is 12.0 Å². The van der Waals surface area contributed by atoms with E-state index in [4.69, 9.17) is 14.2 Å². The van der Waals surface area contributed by atoms with Gasteiger partial charge in [0.05, 0.1) is 13.7 Å². The average molecular weight is 364 g/mol. The van der Waals surface area contributed by atoms with Gasteiger partial charge in [-0.2, -0.15) is 18.2 Å². The van der Waals surface area contributed by atoms with Crippen LogP contribution in [0.1, 0.15) is 38.3 Å². The lowest BCUT2D eigenvalue weighted by Gasteiger charge is -2.38. The van der Waals surface area contributed by atoms with Gasteiger partial charge in [0.15, 0.2) is 5.60 Å². The first-order valence-corrected chi connectivity index (χ1v) is 8.03. The van der Waals surface area contributed by atoms with E-state index in [-0.39, 0.29) is 31.4 Å². The molecule has 1 N–H and O–H groups in total. The molecule has 0 radical (unpaired) electrons. The highest BCUT2D eigenvalue weighted by Gasteiger charge is 2.55. The van der Waals surface area contributed by atoms with E-state index in [1.165, 1.54) is 20.5 Å². The predicted octanol–water partition coefficient (Wildman–Crippen LogP) is 2.88. The maximum atomic E-state index is 13.0. The second kappa shape index (κ2) is 7.74. The zero-order chi connectivity index (χ0) is 18.7. The summed E-state index contributed by atoms with van der Waals surface area (Å²) < 4.78 is 55.0. The number of hydrogen-bond donors (Lipinski definition) is 1. The van der Waals surface area contributed by atoms with Gasteiger partial charge in [0.1, 0.15) is 18.1 Å². The molecule has 1 atom stereocenters. The molecule has 1 aliphatic carbocycles. The van der Waals surface area contributed by atoms with Gasteiger partial charge < -0.3 is 19.3 Å². The van der Waals surface area contributed by atoms with Gasteiger partial charge >= 0.3 is 6.18 Å². The molecule has 2 rings (SSSR count). The van der Waals surface area contributed by atoms with Crippen LogP contribution in [0.2, 0.25) is 0 Å². The van der Waals surface area contributed by atoms with Crippen LogP contribution in [-0.4, -0.2) is 47.2 Å². The van der Waals surface area contributed by atoms with E-state index in [1.807, 2.05) is 0 Å². The Morgan fingerprint density at radius 1 is 1.16 bits per heavy atom. The number of ether oxygens (including phenoxy) is 3. The van der Waals surface area contributed by atoms with E-state index >= 15 is 0 Å². The highest BCUT2D eigenvalue weighted by molar-refractivity contribution is 5.37. The monoisotopic (exact) mass is 364 g/mol. The molecule has 1 aromatic heterocycles. The normalized spacial score (nSPS) is 23.8. The molecular weight excluding hydrogens is 341 g/mol. The van der Waals surface area contributed by atoms with E-state index in [1.54, 1.807) is 0 Å². The molecule has 1 fully saturated rings. The molecule has 25 heavy (non-hydrogen) atoms. The van der Waals surface area contributed by atoms with E-state index in [0.29, 0.717) is 24.3 Å². The lowest BCUT2D eigenvalue weighted by atomic mass is 9.76. The summed E-state index contributed by atoms with van der Waals surface area (Å²) in [6.45, 7) is 1.06. The Bertz CT molecular complexity index is 573. The van der Waals surface area contributed by atoms with Crippen LogP contribution in [-0.2, 0) is 11.3 Å². The van der Waals surface area contributed by atoms with E-state index < -0.39 is 17.7 Å². The first-order valence-electron chi connectivity index (χ1n) is 8.03. The third-order valence-electron chi connectivity index (χ3n) is 4.65. The van der Waals surface area contributed by atoms with E-state index in [9.17, 15) is 18.3 Å². The van der Waals surface area contributed by atoms with E-state index in [2.05, 4.69) is 9.97 Å². The van der Waals surface area contributed by atoms with Crippen molar-refractivity contribution in [2.24, 2.45) is 5.92 Å². The summed E-state index contributed by atoms with van der Waals surface area (Å²) in [5.74, 6) is -0.243. The van der Waals surface area contributed by atoms with Crippen LogP contribution in [0.15, 0.2) is 6.33 Å². The summed E-state index contributed by atoms with van der Waals surface area (Å²) in [4.78, 5) is 8.12. The van der Waals surface area contributed by atoms with Gasteiger partial charge in [-0.15, -0.1) is 0 Å². The van der Waals surface area contributed by atoms with Crippen molar-refractivity contribution in [2.45, 2.75) is 57.1 Å². The largest absolute Gasteiger partial charge is 0.490 e. The number of halogens is 3. The molecule has 0 amide bonds. The Morgan fingerprint density at radius 2 is 1.80 bits per heavy atom. The van der Waals surface area contributed by atoms with Gasteiger partial charge in [0.2, 0.25) is 5.75 Å². The number of aliphatic hydroxyl groups is 1. The molecule has 1 saturated carbocycles. The van der Waals surface area contributed by atoms with Gasteiger partial charge in [-0.1, -0.05) is 0 Å². The van der Waals surface area contributed by atoms with Crippen LogP contribution in [0.4, 0.5) is 13.2 Å². The van der Waals surface area contributed by atoms with Crippen LogP contribution in [0.3, 0.4) is 0 Å². The average Bonchev–Trinajstić information content (AvgIpc) is 2.55. The summed E-state index contributed by atoms with van der Waals surface area (Å²) in [5.41, 5.74) is -2.15. The van der Waals surface area contributed by atoms with Crippen molar-refractivity contribution < 1.29 is 32.5 Å². The summed E-state index contributed by atoms with van der Waals surface area (Å²) in [7, 11) is 2.98. The van der Waals surface area contributed by atoms with Gasteiger partial charge in [-0.25, -0.2) is 4.98 Å². The number of hydrogen-bond acceptors (Lipinski definition) is 6. The predicted molar refractivity (Wildman–Crippen MR) is 82.3 cm³/mol. The number of methoxy groups -OCH3 is 2. The molecule has 0 bridgehead atoms. The topological polar surface area (TPSA) is 73.7 Å². The second-order valence-electron chi connectivity index (χ2n) is 6.33. The molecule has 0 saturated heterocycles. The molecule has 1 heterocycles. The first-order chi connectivity index (χ1) is 11.7. The Labute approximate surface area is 144 Å². The van der Waals surface area contributed by atoms with Crippen molar-refractivity contribution in [3.8, 4) is 11.6 Å². The minimum absolute atomic E-state index is 0.218. The molecule has 142 valence electrons.